The molecule has 1 fully saturated rings. The number of hydrogen-bond donors (Lipinski definition) is 1. The fourth-order valence-electron chi connectivity index (χ4n) is 3.28. The van der Waals surface area contributed by atoms with Crippen molar-refractivity contribution in [3.63, 3.8) is 0 Å². The molecule has 0 unspecified atom stereocenters. The summed E-state index contributed by atoms with van der Waals surface area (Å²) < 4.78 is 6.70. The Morgan fingerprint density at radius 2 is 1.85 bits per heavy atom. The Bertz CT molecular complexity index is 911. The van der Waals surface area contributed by atoms with Gasteiger partial charge in [0.1, 0.15) is 18.1 Å². The summed E-state index contributed by atoms with van der Waals surface area (Å²) in [5.74, 6) is 1.00. The quantitative estimate of drug-likeness (QED) is 0.660. The molecular formula is C21H21NO3S. The van der Waals surface area contributed by atoms with Gasteiger partial charge in [0.2, 0.25) is 5.78 Å². The first-order valence-electron chi connectivity index (χ1n) is 8.91. The Kier molecular flexibility index (Phi) is 4.91. The van der Waals surface area contributed by atoms with Crippen LogP contribution in [0.3, 0.4) is 0 Å². The summed E-state index contributed by atoms with van der Waals surface area (Å²) in [4.78, 5) is 15.8. The van der Waals surface area contributed by atoms with Crippen LogP contribution in [-0.2, 0) is 0 Å². The number of phenolic OH excluding ortho intramolecular Hbond substituents is 1. The number of aromatic hydroxyl groups is 1. The smallest absolute Gasteiger partial charge is 0.202 e. The highest BCUT2D eigenvalue weighted by Gasteiger charge is 2.14. The summed E-state index contributed by atoms with van der Waals surface area (Å²) in [5.41, 5.74) is 0.646. The van der Waals surface area contributed by atoms with Crippen LogP contribution in [0.15, 0.2) is 48.5 Å². The van der Waals surface area contributed by atoms with E-state index in [1.165, 1.54) is 37.3 Å². The van der Waals surface area contributed by atoms with Crippen LogP contribution in [0.2, 0.25) is 0 Å². The standard InChI is InChI=1S/C21H21NO3S/c23-17-6-3-16-13-20(26-19(16)14-17)21(24)15-4-7-18(8-5-15)25-12-11-22-9-1-2-10-22/h3-8,13-14,23H,1-2,9-12H2. The number of ether oxygens (including phenoxy) is 1. The van der Waals surface area contributed by atoms with Crippen LogP contribution in [-0.4, -0.2) is 42.0 Å². The highest BCUT2D eigenvalue weighted by Crippen LogP contribution is 2.30. The molecule has 4 rings (SSSR count). The SMILES string of the molecule is O=C(c1ccc(OCCN2CCCC2)cc1)c1cc2ccc(O)cc2s1. The van der Waals surface area contributed by atoms with Gasteiger partial charge in [-0.2, -0.15) is 0 Å². The summed E-state index contributed by atoms with van der Waals surface area (Å²) in [7, 11) is 0. The van der Waals surface area contributed by atoms with E-state index in [1.807, 2.05) is 36.4 Å². The number of benzene rings is 2. The highest BCUT2D eigenvalue weighted by atomic mass is 32.1. The highest BCUT2D eigenvalue weighted by molar-refractivity contribution is 7.21. The van der Waals surface area contributed by atoms with Crippen molar-refractivity contribution in [2.45, 2.75) is 12.8 Å². The van der Waals surface area contributed by atoms with Gasteiger partial charge in [0.15, 0.2) is 0 Å². The summed E-state index contributed by atoms with van der Waals surface area (Å²) in [5, 5.41) is 10.5. The molecule has 134 valence electrons. The van der Waals surface area contributed by atoms with Crippen molar-refractivity contribution in [1.82, 2.24) is 4.90 Å². The Morgan fingerprint density at radius 1 is 1.08 bits per heavy atom. The molecule has 2 heterocycles. The first kappa shape index (κ1) is 17.1. The largest absolute Gasteiger partial charge is 0.508 e. The van der Waals surface area contributed by atoms with Gasteiger partial charge in [-0.3, -0.25) is 9.69 Å². The second-order valence-corrected chi connectivity index (χ2v) is 7.67. The molecule has 1 N–H and O–H groups in total. The Labute approximate surface area is 156 Å². The molecule has 3 aromatic rings. The number of hydrogen-bond acceptors (Lipinski definition) is 5. The number of likely N-dealkylation sites (tertiary alicyclic amines) is 1. The maximum absolute atomic E-state index is 12.7. The number of phenols is 1. The molecule has 0 atom stereocenters. The van der Waals surface area contributed by atoms with Crippen molar-refractivity contribution in [2.75, 3.05) is 26.2 Å². The van der Waals surface area contributed by atoms with Gasteiger partial charge in [-0.15, -0.1) is 11.3 Å². The first-order chi connectivity index (χ1) is 12.7. The van der Waals surface area contributed by atoms with Crippen LogP contribution in [0.5, 0.6) is 11.5 Å². The average molecular weight is 367 g/mol. The Balaban J connectivity index is 1.40. The zero-order valence-electron chi connectivity index (χ0n) is 14.5. The van der Waals surface area contributed by atoms with E-state index in [1.54, 1.807) is 12.1 Å². The summed E-state index contributed by atoms with van der Waals surface area (Å²) in [6, 6.07) is 14.4. The van der Waals surface area contributed by atoms with Gasteiger partial charge in [-0.1, -0.05) is 0 Å². The maximum atomic E-state index is 12.7. The minimum absolute atomic E-state index is 0.00527. The van der Waals surface area contributed by atoms with E-state index in [0.717, 1.165) is 22.4 Å². The molecule has 5 heteroatoms. The molecule has 0 bridgehead atoms. The number of nitrogens with zero attached hydrogens (tertiary/aromatic N) is 1. The van der Waals surface area contributed by atoms with Crippen LogP contribution in [0.25, 0.3) is 10.1 Å². The molecule has 1 aliphatic heterocycles. The van der Waals surface area contributed by atoms with E-state index >= 15 is 0 Å². The third-order valence-corrected chi connectivity index (χ3v) is 5.82. The lowest BCUT2D eigenvalue weighted by molar-refractivity contribution is 0.104. The first-order valence-corrected chi connectivity index (χ1v) is 9.73. The number of rotatable bonds is 6. The number of fused-ring (bicyclic) bond motifs is 1. The number of carbonyl (C=O) groups is 1. The van der Waals surface area contributed by atoms with Gasteiger partial charge in [-0.25, -0.2) is 0 Å². The van der Waals surface area contributed by atoms with E-state index in [9.17, 15) is 9.90 Å². The third kappa shape index (κ3) is 3.74. The monoisotopic (exact) mass is 367 g/mol. The van der Waals surface area contributed by atoms with Crippen molar-refractivity contribution < 1.29 is 14.6 Å². The molecule has 1 saturated heterocycles. The van der Waals surface area contributed by atoms with Crippen molar-refractivity contribution in [3.8, 4) is 11.5 Å². The van der Waals surface area contributed by atoms with Gasteiger partial charge in [-0.05, 0) is 79.8 Å². The van der Waals surface area contributed by atoms with Crippen molar-refractivity contribution >= 4 is 27.2 Å². The lowest BCUT2D eigenvalue weighted by Gasteiger charge is -2.14. The van der Waals surface area contributed by atoms with E-state index in [-0.39, 0.29) is 11.5 Å². The Morgan fingerprint density at radius 3 is 2.62 bits per heavy atom. The van der Waals surface area contributed by atoms with Crippen molar-refractivity contribution in [1.29, 1.82) is 0 Å². The molecule has 1 aromatic heterocycles. The minimum Gasteiger partial charge on any atom is -0.508 e. The lowest BCUT2D eigenvalue weighted by atomic mass is 10.1. The molecule has 1 aliphatic rings. The number of ketones is 1. The third-order valence-electron chi connectivity index (χ3n) is 4.72. The predicted molar refractivity (Wildman–Crippen MR) is 105 cm³/mol. The zero-order valence-corrected chi connectivity index (χ0v) is 15.3. The number of carbonyl (C=O) groups excluding carboxylic acids is 1. The number of thiophene rings is 1. The fourth-order valence-corrected chi connectivity index (χ4v) is 4.33. The fraction of sp³-hybridized carbons (Fsp3) is 0.286. The molecular weight excluding hydrogens is 346 g/mol. The molecule has 0 saturated carbocycles. The summed E-state index contributed by atoms with van der Waals surface area (Å²) >= 11 is 1.40. The molecule has 0 amide bonds. The van der Waals surface area contributed by atoms with Gasteiger partial charge in [0, 0.05) is 16.8 Å². The maximum Gasteiger partial charge on any atom is 0.202 e. The summed E-state index contributed by atoms with van der Waals surface area (Å²) in [6.07, 6.45) is 2.57. The predicted octanol–water partition coefficient (Wildman–Crippen LogP) is 4.31. The van der Waals surface area contributed by atoms with E-state index in [4.69, 9.17) is 4.74 Å². The van der Waals surface area contributed by atoms with Crippen LogP contribution < -0.4 is 4.74 Å². The van der Waals surface area contributed by atoms with Gasteiger partial charge < -0.3 is 9.84 Å². The molecule has 2 aromatic carbocycles. The minimum atomic E-state index is -0.00527. The van der Waals surface area contributed by atoms with Crippen molar-refractivity contribution in [3.05, 3.63) is 59.0 Å². The summed E-state index contributed by atoms with van der Waals surface area (Å²) in [6.45, 7) is 3.97. The zero-order chi connectivity index (χ0) is 17.9. The van der Waals surface area contributed by atoms with E-state index < -0.39 is 0 Å². The van der Waals surface area contributed by atoms with Crippen LogP contribution in [0, 0.1) is 0 Å². The Hall–Kier alpha value is -2.37. The lowest BCUT2D eigenvalue weighted by Crippen LogP contribution is -2.25. The second kappa shape index (κ2) is 7.48. The van der Waals surface area contributed by atoms with E-state index in [0.29, 0.717) is 17.0 Å². The normalized spacial score (nSPS) is 14.8. The van der Waals surface area contributed by atoms with Crippen LogP contribution in [0.1, 0.15) is 28.1 Å². The topological polar surface area (TPSA) is 49.8 Å². The molecule has 26 heavy (non-hydrogen) atoms. The van der Waals surface area contributed by atoms with E-state index in [2.05, 4.69) is 4.90 Å². The van der Waals surface area contributed by atoms with Crippen molar-refractivity contribution in [2.24, 2.45) is 0 Å². The second-order valence-electron chi connectivity index (χ2n) is 6.58. The molecule has 0 aliphatic carbocycles. The van der Waals surface area contributed by atoms with Gasteiger partial charge in [0.25, 0.3) is 0 Å². The van der Waals surface area contributed by atoms with Gasteiger partial charge >= 0.3 is 0 Å². The van der Waals surface area contributed by atoms with Crippen LogP contribution in [0.4, 0.5) is 0 Å². The molecule has 0 spiro atoms. The molecule has 0 radical (unpaired) electrons. The molecule has 4 nitrogen and oxygen atoms in total. The average Bonchev–Trinajstić information content (AvgIpc) is 3.31. The van der Waals surface area contributed by atoms with Crippen LogP contribution >= 0.6 is 11.3 Å². The van der Waals surface area contributed by atoms with Gasteiger partial charge in [0.05, 0.1) is 4.88 Å².